The summed E-state index contributed by atoms with van der Waals surface area (Å²) < 4.78 is 16.4. The number of carboxylic acids is 1. The zero-order valence-electron chi connectivity index (χ0n) is 25.0. The molecule has 2 aliphatic carbocycles. The second-order valence-corrected chi connectivity index (χ2v) is 12.5. The number of aromatic nitrogens is 2. The smallest absolute Gasteiger partial charge is 0.331 e. The summed E-state index contributed by atoms with van der Waals surface area (Å²) in [5.74, 6) is 0.521. The molecule has 3 fully saturated rings. The van der Waals surface area contributed by atoms with Crippen LogP contribution in [0.4, 0.5) is 4.39 Å². The Balaban J connectivity index is 0.00000212. The van der Waals surface area contributed by atoms with Gasteiger partial charge < -0.3 is 10.0 Å². The quantitative estimate of drug-likeness (QED) is 0.231. The molecule has 1 aromatic heterocycles. The van der Waals surface area contributed by atoms with Gasteiger partial charge in [0.05, 0.1) is 5.69 Å². The molecular formula is C35H44Cl2FN3O2. The Morgan fingerprint density at radius 1 is 0.977 bits per heavy atom. The number of carbonyl (C=O) groups is 1. The number of halogens is 3. The van der Waals surface area contributed by atoms with E-state index in [-0.39, 0.29) is 36.5 Å². The van der Waals surface area contributed by atoms with Crippen LogP contribution in [0, 0.1) is 17.7 Å². The summed E-state index contributed by atoms with van der Waals surface area (Å²) >= 11 is 0. The van der Waals surface area contributed by atoms with Crippen LogP contribution in [0.3, 0.4) is 0 Å². The van der Waals surface area contributed by atoms with Crippen molar-refractivity contribution in [3.05, 3.63) is 100 Å². The number of aryl methyl sites for hydroxylation is 1. The lowest BCUT2D eigenvalue weighted by molar-refractivity contribution is -0.132. The van der Waals surface area contributed by atoms with Crippen LogP contribution in [-0.4, -0.2) is 45.4 Å². The normalized spacial score (nSPS) is 22.1. The van der Waals surface area contributed by atoms with Gasteiger partial charge in [0.25, 0.3) is 0 Å². The highest BCUT2D eigenvalue weighted by Crippen LogP contribution is 2.47. The minimum absolute atomic E-state index is 0. The molecule has 232 valence electrons. The van der Waals surface area contributed by atoms with E-state index in [2.05, 4.69) is 52.9 Å². The molecule has 3 aromatic rings. The fraction of sp³-hybridized carbons (Fsp3) is 0.486. The molecule has 2 aromatic carbocycles. The number of benzene rings is 2. The predicted octanol–water partition coefficient (Wildman–Crippen LogP) is 8.03. The van der Waals surface area contributed by atoms with Gasteiger partial charge in [0, 0.05) is 36.7 Å². The average Bonchev–Trinajstić information content (AvgIpc) is 3.57. The monoisotopic (exact) mass is 627 g/mol. The molecule has 0 radical (unpaired) electrons. The van der Waals surface area contributed by atoms with Crippen molar-refractivity contribution in [1.82, 2.24) is 14.7 Å². The SMILES string of the molecule is CCn1nc(Cc2ccccc2)cc1C1CCN(CC2C/C(=C(\CC3CC3)C(=O)O)CC2c2cccc(F)c2)CC1.Cl.Cl. The van der Waals surface area contributed by atoms with Crippen molar-refractivity contribution >= 4 is 30.8 Å². The Labute approximate surface area is 267 Å². The molecular weight excluding hydrogens is 584 g/mol. The minimum Gasteiger partial charge on any atom is -0.478 e. The molecule has 5 nitrogen and oxygen atoms in total. The van der Waals surface area contributed by atoms with E-state index in [1.165, 1.54) is 17.3 Å². The molecule has 6 rings (SSSR count). The van der Waals surface area contributed by atoms with Gasteiger partial charge in [-0.2, -0.15) is 5.10 Å². The van der Waals surface area contributed by atoms with Gasteiger partial charge in [-0.15, -0.1) is 24.8 Å². The standard InChI is InChI=1S/C35H42FN3O2.2ClH/c1-2-39-34(22-31(37-39)17-24-7-4-3-5-8-24)26-13-15-38(16-14-26)23-29-19-28(33(35(40)41)18-25-11-12-25)21-32(29)27-9-6-10-30(36)20-27;;/h3-10,20,22,25-26,29,32H,2,11-19,21,23H2,1H3,(H,40,41);2*1H/b33-28-;;. The summed E-state index contributed by atoms with van der Waals surface area (Å²) in [4.78, 5) is 14.8. The predicted molar refractivity (Wildman–Crippen MR) is 174 cm³/mol. The zero-order valence-corrected chi connectivity index (χ0v) is 26.6. The molecule has 0 bridgehead atoms. The first-order chi connectivity index (χ1) is 20.0. The highest BCUT2D eigenvalue weighted by Gasteiger charge is 2.37. The average molecular weight is 629 g/mol. The van der Waals surface area contributed by atoms with Gasteiger partial charge in [-0.1, -0.05) is 48.0 Å². The largest absolute Gasteiger partial charge is 0.478 e. The number of nitrogens with zero attached hydrogens (tertiary/aromatic N) is 3. The Kier molecular flexibility index (Phi) is 11.5. The molecule has 2 unspecified atom stereocenters. The molecule has 3 aliphatic rings. The summed E-state index contributed by atoms with van der Waals surface area (Å²) in [7, 11) is 0. The first kappa shape index (κ1) is 33.2. The topological polar surface area (TPSA) is 58.4 Å². The maximum absolute atomic E-state index is 14.2. The van der Waals surface area contributed by atoms with Gasteiger partial charge in [-0.25, -0.2) is 9.18 Å². The van der Waals surface area contributed by atoms with E-state index < -0.39 is 5.97 Å². The third-order valence-electron chi connectivity index (χ3n) is 9.58. The van der Waals surface area contributed by atoms with Crippen LogP contribution in [0.2, 0.25) is 0 Å². The first-order valence-corrected chi connectivity index (χ1v) is 15.5. The van der Waals surface area contributed by atoms with Gasteiger partial charge in [0.15, 0.2) is 0 Å². The van der Waals surface area contributed by atoms with E-state index >= 15 is 0 Å². The van der Waals surface area contributed by atoms with E-state index in [4.69, 9.17) is 5.10 Å². The maximum atomic E-state index is 14.2. The van der Waals surface area contributed by atoms with Crippen LogP contribution in [-0.2, 0) is 17.8 Å². The molecule has 0 amide bonds. The van der Waals surface area contributed by atoms with Crippen molar-refractivity contribution in [2.75, 3.05) is 19.6 Å². The van der Waals surface area contributed by atoms with Gasteiger partial charge >= 0.3 is 5.97 Å². The Hall–Kier alpha value is -2.67. The number of hydrogen-bond acceptors (Lipinski definition) is 3. The second-order valence-electron chi connectivity index (χ2n) is 12.5. The fourth-order valence-electron chi connectivity index (χ4n) is 7.24. The number of hydrogen-bond donors (Lipinski definition) is 1. The lowest BCUT2D eigenvalue weighted by atomic mass is 9.87. The molecule has 2 saturated carbocycles. The first-order valence-electron chi connectivity index (χ1n) is 15.5. The van der Waals surface area contributed by atoms with Crippen molar-refractivity contribution in [1.29, 1.82) is 0 Å². The van der Waals surface area contributed by atoms with Crippen molar-refractivity contribution < 1.29 is 14.3 Å². The number of aliphatic carboxylic acids is 1. The number of allylic oxidation sites excluding steroid dienone is 1. The van der Waals surface area contributed by atoms with Gasteiger partial charge in [0.2, 0.25) is 0 Å². The Morgan fingerprint density at radius 3 is 2.37 bits per heavy atom. The van der Waals surface area contributed by atoms with Gasteiger partial charge in [-0.05, 0) is 112 Å². The van der Waals surface area contributed by atoms with Crippen molar-refractivity contribution in [3.63, 3.8) is 0 Å². The van der Waals surface area contributed by atoms with Gasteiger partial charge in [-0.3, -0.25) is 4.68 Å². The number of piperidine rings is 1. The molecule has 1 aliphatic heterocycles. The van der Waals surface area contributed by atoms with Crippen LogP contribution < -0.4 is 0 Å². The van der Waals surface area contributed by atoms with Crippen LogP contribution in [0.15, 0.2) is 71.8 Å². The van der Waals surface area contributed by atoms with Crippen LogP contribution in [0.1, 0.15) is 86.2 Å². The third-order valence-corrected chi connectivity index (χ3v) is 9.58. The minimum atomic E-state index is -0.759. The number of likely N-dealkylation sites (tertiary alicyclic amines) is 1. The van der Waals surface area contributed by atoms with Crippen LogP contribution in [0.25, 0.3) is 0 Å². The maximum Gasteiger partial charge on any atom is 0.331 e. The van der Waals surface area contributed by atoms with E-state index in [1.54, 1.807) is 12.1 Å². The molecule has 1 N–H and O–H groups in total. The van der Waals surface area contributed by atoms with Crippen LogP contribution in [0.5, 0.6) is 0 Å². The van der Waals surface area contributed by atoms with Crippen molar-refractivity contribution in [3.8, 4) is 0 Å². The lowest BCUT2D eigenvalue weighted by Gasteiger charge is -2.35. The number of rotatable bonds is 10. The molecule has 43 heavy (non-hydrogen) atoms. The van der Waals surface area contributed by atoms with Crippen molar-refractivity contribution in [2.24, 2.45) is 11.8 Å². The highest BCUT2D eigenvalue weighted by molar-refractivity contribution is 5.87. The molecule has 0 spiro atoms. The Morgan fingerprint density at radius 2 is 1.72 bits per heavy atom. The number of carboxylic acid groups (broad SMARTS) is 1. The summed E-state index contributed by atoms with van der Waals surface area (Å²) in [6.07, 6.45) is 7.56. The highest BCUT2D eigenvalue weighted by atomic mass is 35.5. The van der Waals surface area contributed by atoms with Crippen LogP contribution >= 0.6 is 24.8 Å². The van der Waals surface area contributed by atoms with E-state index in [0.717, 1.165) is 88.0 Å². The summed E-state index contributed by atoms with van der Waals surface area (Å²) in [5, 5.41) is 15.0. The van der Waals surface area contributed by atoms with E-state index in [0.29, 0.717) is 29.7 Å². The molecule has 2 heterocycles. The van der Waals surface area contributed by atoms with E-state index in [9.17, 15) is 14.3 Å². The molecule has 8 heteroatoms. The molecule has 1 saturated heterocycles. The second kappa shape index (κ2) is 14.9. The third kappa shape index (κ3) is 8.09. The zero-order chi connectivity index (χ0) is 28.3. The summed E-state index contributed by atoms with van der Waals surface area (Å²) in [6.45, 7) is 6.02. The van der Waals surface area contributed by atoms with Gasteiger partial charge in [0.1, 0.15) is 5.82 Å². The summed E-state index contributed by atoms with van der Waals surface area (Å²) in [6, 6.07) is 19.8. The van der Waals surface area contributed by atoms with Crippen molar-refractivity contribution in [2.45, 2.75) is 76.7 Å². The fourth-order valence-corrected chi connectivity index (χ4v) is 7.24. The lowest BCUT2D eigenvalue weighted by Crippen LogP contribution is -2.37. The molecule has 2 atom stereocenters. The Bertz CT molecular complexity index is 1400. The summed E-state index contributed by atoms with van der Waals surface area (Å²) in [5.41, 5.74) is 6.52. The van der Waals surface area contributed by atoms with E-state index in [1.807, 2.05) is 6.07 Å².